The molecule has 0 aliphatic carbocycles. The molecular formula is C12H19N5O. The summed E-state index contributed by atoms with van der Waals surface area (Å²) in [6.07, 6.45) is 5.54. The molecule has 3 heterocycles. The standard InChI is InChI=1S/C12H19N5O/c1-15-5-2-10(3-6-15)12(18)16-8-11(9-16)17-7-4-13-14-17/h4,7,10-11H,2-3,5-6,8-9H2,1H3. The minimum absolute atomic E-state index is 0.234. The minimum Gasteiger partial charge on any atom is -0.338 e. The second-order valence-corrected chi connectivity index (χ2v) is 5.36. The molecule has 2 saturated heterocycles. The van der Waals surface area contributed by atoms with Crippen molar-refractivity contribution < 1.29 is 4.79 Å². The Bertz CT molecular complexity index is 404. The van der Waals surface area contributed by atoms with Crippen LogP contribution in [-0.4, -0.2) is 63.9 Å². The summed E-state index contributed by atoms with van der Waals surface area (Å²) >= 11 is 0. The fraction of sp³-hybridized carbons (Fsp3) is 0.750. The third kappa shape index (κ3) is 2.12. The largest absolute Gasteiger partial charge is 0.338 e. The van der Waals surface area contributed by atoms with Crippen LogP contribution in [0.15, 0.2) is 12.4 Å². The number of rotatable bonds is 2. The summed E-state index contributed by atoms with van der Waals surface area (Å²) in [5.41, 5.74) is 0. The maximum absolute atomic E-state index is 12.3. The molecule has 0 N–H and O–H groups in total. The van der Waals surface area contributed by atoms with Crippen LogP contribution in [0.25, 0.3) is 0 Å². The van der Waals surface area contributed by atoms with Crippen molar-refractivity contribution in [3.05, 3.63) is 12.4 Å². The van der Waals surface area contributed by atoms with Crippen LogP contribution in [0.2, 0.25) is 0 Å². The van der Waals surface area contributed by atoms with E-state index in [0.717, 1.165) is 39.0 Å². The highest BCUT2D eigenvalue weighted by Crippen LogP contribution is 2.25. The van der Waals surface area contributed by atoms with E-state index in [1.165, 1.54) is 0 Å². The van der Waals surface area contributed by atoms with Gasteiger partial charge in [-0.15, -0.1) is 5.10 Å². The third-order valence-electron chi connectivity index (χ3n) is 4.06. The van der Waals surface area contributed by atoms with Crippen molar-refractivity contribution >= 4 is 5.91 Å². The van der Waals surface area contributed by atoms with Crippen LogP contribution in [0.5, 0.6) is 0 Å². The third-order valence-corrected chi connectivity index (χ3v) is 4.06. The summed E-state index contributed by atoms with van der Waals surface area (Å²) in [5, 5.41) is 7.77. The van der Waals surface area contributed by atoms with Gasteiger partial charge < -0.3 is 9.80 Å². The lowest BCUT2D eigenvalue weighted by molar-refractivity contribution is -0.143. The molecule has 18 heavy (non-hydrogen) atoms. The van der Waals surface area contributed by atoms with Gasteiger partial charge in [0.05, 0.1) is 12.2 Å². The van der Waals surface area contributed by atoms with Crippen molar-refractivity contribution in [3.8, 4) is 0 Å². The highest BCUT2D eigenvalue weighted by atomic mass is 16.2. The van der Waals surface area contributed by atoms with Crippen LogP contribution in [-0.2, 0) is 4.79 Å². The minimum atomic E-state index is 0.234. The number of hydrogen-bond donors (Lipinski definition) is 0. The Morgan fingerprint density at radius 1 is 1.28 bits per heavy atom. The Balaban J connectivity index is 1.51. The van der Waals surface area contributed by atoms with Crippen molar-refractivity contribution in [2.75, 3.05) is 33.2 Å². The molecule has 0 aromatic carbocycles. The summed E-state index contributed by atoms with van der Waals surface area (Å²) in [5.74, 6) is 0.567. The van der Waals surface area contributed by atoms with Crippen LogP contribution < -0.4 is 0 Å². The Labute approximate surface area is 107 Å². The van der Waals surface area contributed by atoms with E-state index in [2.05, 4.69) is 22.3 Å². The molecule has 1 aromatic rings. The van der Waals surface area contributed by atoms with Crippen molar-refractivity contribution in [2.24, 2.45) is 5.92 Å². The monoisotopic (exact) mass is 249 g/mol. The molecule has 1 aromatic heterocycles. The smallest absolute Gasteiger partial charge is 0.225 e. The van der Waals surface area contributed by atoms with Crippen molar-refractivity contribution in [2.45, 2.75) is 18.9 Å². The number of nitrogens with zero attached hydrogens (tertiary/aromatic N) is 5. The first-order valence-electron chi connectivity index (χ1n) is 6.57. The predicted octanol–water partition coefficient (Wildman–Crippen LogP) is 0.00320. The molecule has 0 bridgehead atoms. The van der Waals surface area contributed by atoms with Gasteiger partial charge in [0, 0.05) is 25.2 Å². The molecule has 0 unspecified atom stereocenters. The maximum Gasteiger partial charge on any atom is 0.225 e. The Morgan fingerprint density at radius 3 is 2.61 bits per heavy atom. The van der Waals surface area contributed by atoms with Gasteiger partial charge in [-0.05, 0) is 33.0 Å². The second-order valence-electron chi connectivity index (χ2n) is 5.36. The molecular weight excluding hydrogens is 230 g/mol. The zero-order chi connectivity index (χ0) is 12.5. The topological polar surface area (TPSA) is 54.3 Å². The summed E-state index contributed by atoms with van der Waals surface area (Å²) in [7, 11) is 2.12. The molecule has 0 radical (unpaired) electrons. The van der Waals surface area contributed by atoms with Crippen LogP contribution in [0.4, 0.5) is 0 Å². The number of amides is 1. The van der Waals surface area contributed by atoms with Gasteiger partial charge >= 0.3 is 0 Å². The van der Waals surface area contributed by atoms with Crippen molar-refractivity contribution in [1.29, 1.82) is 0 Å². The van der Waals surface area contributed by atoms with E-state index in [1.54, 1.807) is 6.20 Å². The van der Waals surface area contributed by atoms with Gasteiger partial charge in [-0.2, -0.15) is 0 Å². The first kappa shape index (κ1) is 11.6. The number of hydrogen-bond acceptors (Lipinski definition) is 4. The normalized spacial score (nSPS) is 23.1. The van der Waals surface area contributed by atoms with E-state index in [0.29, 0.717) is 11.9 Å². The molecule has 0 saturated carbocycles. The van der Waals surface area contributed by atoms with Gasteiger partial charge in [0.1, 0.15) is 0 Å². The zero-order valence-corrected chi connectivity index (χ0v) is 10.7. The maximum atomic E-state index is 12.3. The van der Waals surface area contributed by atoms with Crippen molar-refractivity contribution in [3.63, 3.8) is 0 Å². The van der Waals surface area contributed by atoms with E-state index in [9.17, 15) is 4.79 Å². The quantitative estimate of drug-likeness (QED) is 0.740. The second kappa shape index (κ2) is 4.68. The molecule has 1 amide bonds. The van der Waals surface area contributed by atoms with E-state index in [1.807, 2.05) is 15.8 Å². The van der Waals surface area contributed by atoms with Gasteiger partial charge in [-0.3, -0.25) is 4.79 Å². The summed E-state index contributed by atoms with van der Waals surface area (Å²) in [6.45, 7) is 3.65. The Kier molecular flexibility index (Phi) is 3.03. The van der Waals surface area contributed by atoms with Crippen molar-refractivity contribution in [1.82, 2.24) is 24.8 Å². The average molecular weight is 249 g/mol. The fourth-order valence-corrected chi connectivity index (χ4v) is 2.73. The van der Waals surface area contributed by atoms with Gasteiger partial charge in [0.15, 0.2) is 0 Å². The van der Waals surface area contributed by atoms with E-state index < -0.39 is 0 Å². The lowest BCUT2D eigenvalue weighted by Crippen LogP contribution is -2.53. The van der Waals surface area contributed by atoms with Crippen LogP contribution in [0.1, 0.15) is 18.9 Å². The van der Waals surface area contributed by atoms with Crippen LogP contribution in [0.3, 0.4) is 0 Å². The molecule has 2 aliphatic rings. The lowest BCUT2D eigenvalue weighted by Gasteiger charge is -2.41. The fourth-order valence-electron chi connectivity index (χ4n) is 2.73. The predicted molar refractivity (Wildman–Crippen MR) is 65.9 cm³/mol. The van der Waals surface area contributed by atoms with E-state index in [-0.39, 0.29) is 5.92 Å². The highest BCUT2D eigenvalue weighted by molar-refractivity contribution is 5.79. The summed E-state index contributed by atoms with van der Waals surface area (Å²) in [6, 6.07) is 0.322. The van der Waals surface area contributed by atoms with E-state index >= 15 is 0 Å². The van der Waals surface area contributed by atoms with Gasteiger partial charge in [0.25, 0.3) is 0 Å². The lowest BCUT2D eigenvalue weighted by atomic mass is 9.93. The molecule has 0 spiro atoms. The number of aromatic nitrogens is 3. The van der Waals surface area contributed by atoms with Gasteiger partial charge in [0.2, 0.25) is 5.91 Å². The average Bonchev–Trinajstić information content (AvgIpc) is 2.81. The number of carbonyl (C=O) groups is 1. The Morgan fingerprint density at radius 2 is 2.00 bits per heavy atom. The van der Waals surface area contributed by atoms with Gasteiger partial charge in [-0.1, -0.05) is 5.21 Å². The molecule has 98 valence electrons. The van der Waals surface area contributed by atoms with Crippen LogP contribution >= 0.6 is 0 Å². The molecule has 0 atom stereocenters. The molecule has 2 fully saturated rings. The molecule has 2 aliphatic heterocycles. The molecule has 6 heteroatoms. The first-order valence-corrected chi connectivity index (χ1v) is 6.57. The molecule has 6 nitrogen and oxygen atoms in total. The molecule has 3 rings (SSSR count). The number of likely N-dealkylation sites (tertiary alicyclic amines) is 2. The number of piperidine rings is 1. The SMILES string of the molecule is CN1CCC(C(=O)N2CC(n3ccnn3)C2)CC1. The number of carbonyl (C=O) groups excluding carboxylic acids is 1. The Hall–Kier alpha value is -1.43. The zero-order valence-electron chi connectivity index (χ0n) is 10.7. The van der Waals surface area contributed by atoms with Gasteiger partial charge in [-0.25, -0.2) is 4.68 Å². The summed E-state index contributed by atoms with van der Waals surface area (Å²) < 4.78 is 1.85. The van der Waals surface area contributed by atoms with Crippen LogP contribution in [0, 0.1) is 5.92 Å². The first-order chi connectivity index (χ1) is 8.74. The summed E-state index contributed by atoms with van der Waals surface area (Å²) in [4.78, 5) is 16.5. The highest BCUT2D eigenvalue weighted by Gasteiger charge is 2.36. The van der Waals surface area contributed by atoms with E-state index in [4.69, 9.17) is 0 Å².